The van der Waals surface area contributed by atoms with Crippen molar-refractivity contribution in [2.24, 2.45) is 0 Å². The summed E-state index contributed by atoms with van der Waals surface area (Å²) in [7, 11) is 0. The number of halogens is 2. The molecule has 6 heteroatoms. The van der Waals surface area contributed by atoms with E-state index in [9.17, 15) is 0 Å². The predicted molar refractivity (Wildman–Crippen MR) is 105 cm³/mol. The summed E-state index contributed by atoms with van der Waals surface area (Å²) < 4.78 is 2.05. The first-order valence-electron chi connectivity index (χ1n) is 7.63. The highest BCUT2D eigenvalue weighted by Gasteiger charge is 2.16. The van der Waals surface area contributed by atoms with Crippen LogP contribution in [0.1, 0.15) is 0 Å². The van der Waals surface area contributed by atoms with Crippen molar-refractivity contribution >= 4 is 45.6 Å². The number of para-hydroxylation sites is 1. The molecule has 1 heterocycles. The Bertz CT molecular complexity index is 1060. The maximum atomic E-state index is 6.22. The molecule has 3 aromatic carbocycles. The first kappa shape index (κ1) is 15.8. The normalized spacial score (nSPS) is 11.1. The van der Waals surface area contributed by atoms with Crippen molar-refractivity contribution < 1.29 is 0 Å². The molecule has 0 aliphatic heterocycles. The highest BCUT2D eigenvalue weighted by Crippen LogP contribution is 2.36. The van der Waals surface area contributed by atoms with Gasteiger partial charge in [0.15, 0.2) is 0 Å². The lowest BCUT2D eigenvalue weighted by Gasteiger charge is -2.11. The molecule has 0 saturated carbocycles. The van der Waals surface area contributed by atoms with Crippen molar-refractivity contribution in [2.75, 3.05) is 11.5 Å². The Kier molecular flexibility index (Phi) is 3.79. The first-order valence-corrected chi connectivity index (χ1v) is 8.38. The van der Waals surface area contributed by atoms with Crippen LogP contribution in [0.4, 0.5) is 11.4 Å². The number of nitrogens with two attached hydrogens (primary N) is 2. The van der Waals surface area contributed by atoms with Crippen LogP contribution >= 0.6 is 23.2 Å². The second-order valence-corrected chi connectivity index (χ2v) is 6.52. The first-order chi connectivity index (χ1) is 12.0. The minimum absolute atomic E-state index is 0.360. The van der Waals surface area contributed by atoms with Crippen LogP contribution in [0.25, 0.3) is 28.1 Å². The molecule has 0 fully saturated rings. The number of benzene rings is 3. The SMILES string of the molecule is Nc1ccc2c(c1)nc(-c1cc(Cl)c(N)c(Cl)c1)n2-c1ccccc1. The van der Waals surface area contributed by atoms with Gasteiger partial charge >= 0.3 is 0 Å². The molecule has 4 N–H and O–H groups in total. The summed E-state index contributed by atoms with van der Waals surface area (Å²) in [4.78, 5) is 4.76. The van der Waals surface area contributed by atoms with Crippen LogP contribution in [0.15, 0.2) is 60.7 Å². The fourth-order valence-electron chi connectivity index (χ4n) is 2.84. The van der Waals surface area contributed by atoms with Crippen LogP contribution < -0.4 is 11.5 Å². The number of fused-ring (bicyclic) bond motifs is 1. The van der Waals surface area contributed by atoms with Crippen LogP contribution in [0.3, 0.4) is 0 Å². The summed E-state index contributed by atoms with van der Waals surface area (Å²) in [5.41, 5.74) is 16.3. The molecule has 0 bridgehead atoms. The minimum atomic E-state index is 0.360. The van der Waals surface area contributed by atoms with Crippen LogP contribution in [0.2, 0.25) is 10.0 Å². The topological polar surface area (TPSA) is 69.9 Å². The summed E-state index contributed by atoms with van der Waals surface area (Å²) in [6, 6.07) is 19.2. The van der Waals surface area contributed by atoms with E-state index >= 15 is 0 Å². The van der Waals surface area contributed by atoms with E-state index < -0.39 is 0 Å². The average molecular weight is 369 g/mol. The van der Waals surface area contributed by atoms with Crippen molar-refractivity contribution in [3.05, 3.63) is 70.7 Å². The molecule has 25 heavy (non-hydrogen) atoms. The van der Waals surface area contributed by atoms with E-state index in [0.717, 1.165) is 28.1 Å². The number of nitrogen functional groups attached to an aromatic ring is 2. The number of hydrogen-bond acceptors (Lipinski definition) is 3. The van der Waals surface area contributed by atoms with E-state index in [1.54, 1.807) is 12.1 Å². The Balaban J connectivity index is 2.07. The molecule has 0 atom stereocenters. The highest BCUT2D eigenvalue weighted by atomic mass is 35.5. The second-order valence-electron chi connectivity index (χ2n) is 5.71. The zero-order valence-electron chi connectivity index (χ0n) is 13.1. The molecule has 124 valence electrons. The van der Waals surface area contributed by atoms with Gasteiger partial charge in [-0.2, -0.15) is 0 Å². The number of hydrogen-bond donors (Lipinski definition) is 2. The van der Waals surface area contributed by atoms with Gasteiger partial charge in [0.1, 0.15) is 5.82 Å². The van der Waals surface area contributed by atoms with Crippen LogP contribution in [0, 0.1) is 0 Å². The average Bonchev–Trinajstić information content (AvgIpc) is 2.98. The lowest BCUT2D eigenvalue weighted by atomic mass is 10.2. The molecule has 0 aliphatic carbocycles. The second kappa shape index (κ2) is 5.99. The number of rotatable bonds is 2. The van der Waals surface area contributed by atoms with Gasteiger partial charge in [-0.25, -0.2) is 4.98 Å². The van der Waals surface area contributed by atoms with E-state index in [1.165, 1.54) is 0 Å². The molecule has 0 amide bonds. The fourth-order valence-corrected chi connectivity index (χ4v) is 3.33. The van der Waals surface area contributed by atoms with Gasteiger partial charge in [-0.15, -0.1) is 0 Å². The zero-order chi connectivity index (χ0) is 17.6. The molecule has 4 aromatic rings. The van der Waals surface area contributed by atoms with Crippen molar-refractivity contribution in [3.8, 4) is 17.1 Å². The van der Waals surface area contributed by atoms with E-state index in [-0.39, 0.29) is 0 Å². The van der Waals surface area contributed by atoms with Gasteiger partial charge in [-0.05, 0) is 42.5 Å². The number of anilines is 2. The predicted octanol–water partition coefficient (Wildman–Crippen LogP) is 5.16. The largest absolute Gasteiger partial charge is 0.399 e. The van der Waals surface area contributed by atoms with Gasteiger partial charge in [0.2, 0.25) is 0 Å². The Morgan fingerprint density at radius 3 is 2.20 bits per heavy atom. The van der Waals surface area contributed by atoms with Gasteiger partial charge in [-0.1, -0.05) is 41.4 Å². The Morgan fingerprint density at radius 1 is 0.840 bits per heavy atom. The van der Waals surface area contributed by atoms with Gasteiger partial charge in [0.05, 0.1) is 26.8 Å². The fraction of sp³-hybridized carbons (Fsp3) is 0. The third kappa shape index (κ3) is 2.69. The van der Waals surface area contributed by atoms with Gasteiger partial charge in [0, 0.05) is 16.9 Å². The standard InChI is InChI=1S/C19H14Cl2N4/c20-14-8-11(9-15(21)18(14)23)19-24-16-10-12(22)6-7-17(16)25(19)13-4-2-1-3-5-13/h1-10H,22-23H2. The molecule has 4 nitrogen and oxygen atoms in total. The Hall–Kier alpha value is -2.69. The van der Waals surface area contributed by atoms with Crippen molar-refractivity contribution in [2.45, 2.75) is 0 Å². The minimum Gasteiger partial charge on any atom is -0.399 e. The van der Waals surface area contributed by atoms with E-state index in [4.69, 9.17) is 39.7 Å². The van der Waals surface area contributed by atoms with E-state index in [0.29, 0.717) is 21.4 Å². The van der Waals surface area contributed by atoms with Crippen LogP contribution in [-0.2, 0) is 0 Å². The molecular formula is C19H14Cl2N4. The molecule has 0 radical (unpaired) electrons. The molecule has 0 spiro atoms. The van der Waals surface area contributed by atoms with Crippen molar-refractivity contribution in [3.63, 3.8) is 0 Å². The molecular weight excluding hydrogens is 355 g/mol. The van der Waals surface area contributed by atoms with Crippen LogP contribution in [-0.4, -0.2) is 9.55 Å². The summed E-state index contributed by atoms with van der Waals surface area (Å²) in [6.45, 7) is 0. The summed E-state index contributed by atoms with van der Waals surface area (Å²) in [6.07, 6.45) is 0. The molecule has 0 unspecified atom stereocenters. The summed E-state index contributed by atoms with van der Waals surface area (Å²) in [5, 5.41) is 0.794. The maximum absolute atomic E-state index is 6.22. The van der Waals surface area contributed by atoms with E-state index in [1.807, 2.05) is 53.1 Å². The summed E-state index contributed by atoms with van der Waals surface area (Å²) >= 11 is 12.4. The smallest absolute Gasteiger partial charge is 0.145 e. The Morgan fingerprint density at radius 2 is 1.52 bits per heavy atom. The maximum Gasteiger partial charge on any atom is 0.145 e. The molecule has 4 rings (SSSR count). The van der Waals surface area contributed by atoms with E-state index in [2.05, 4.69) is 0 Å². The number of aromatic nitrogens is 2. The highest BCUT2D eigenvalue weighted by molar-refractivity contribution is 6.39. The van der Waals surface area contributed by atoms with Crippen molar-refractivity contribution in [1.82, 2.24) is 9.55 Å². The lowest BCUT2D eigenvalue weighted by molar-refractivity contribution is 1.10. The number of nitrogens with zero attached hydrogens (tertiary/aromatic N) is 2. The molecule has 0 aliphatic rings. The third-order valence-corrected chi connectivity index (χ3v) is 4.66. The lowest BCUT2D eigenvalue weighted by Crippen LogP contribution is -1.98. The molecule has 1 aromatic heterocycles. The molecule has 0 saturated heterocycles. The third-order valence-electron chi connectivity index (χ3n) is 4.03. The number of imidazole rings is 1. The quantitative estimate of drug-likeness (QED) is 0.479. The van der Waals surface area contributed by atoms with Gasteiger partial charge < -0.3 is 11.5 Å². The monoisotopic (exact) mass is 368 g/mol. The van der Waals surface area contributed by atoms with Crippen LogP contribution in [0.5, 0.6) is 0 Å². The van der Waals surface area contributed by atoms with Gasteiger partial charge in [0.25, 0.3) is 0 Å². The zero-order valence-corrected chi connectivity index (χ0v) is 14.6. The Labute approximate surface area is 154 Å². The summed E-state index contributed by atoms with van der Waals surface area (Å²) in [5.74, 6) is 0.718. The van der Waals surface area contributed by atoms with Crippen molar-refractivity contribution in [1.29, 1.82) is 0 Å². The van der Waals surface area contributed by atoms with Gasteiger partial charge in [-0.3, -0.25) is 4.57 Å².